The minimum Gasteiger partial charge on any atom is -0.550 e. The maximum Gasteiger partial charge on any atom is 1.00 e. The van der Waals surface area contributed by atoms with Gasteiger partial charge in [-0.3, -0.25) is 0 Å². The molecule has 0 aliphatic carbocycles. The van der Waals surface area contributed by atoms with E-state index in [1.54, 1.807) is 0 Å². The van der Waals surface area contributed by atoms with Crippen LogP contribution in [0.2, 0.25) is 0 Å². The standard InChI is InChI=1S/C22H45NO3.Na/c1-4-5-6-7-8-9-10-11-12-13-14-15-16-17-18-26-20-21(22(24)25)19-23(2)3;/h21H,4-20H2,1-3H3,(H,24,25);/q;+1/p-1. The van der Waals surface area contributed by atoms with E-state index >= 15 is 0 Å². The summed E-state index contributed by atoms with van der Waals surface area (Å²) in [6.07, 6.45) is 18.8. The second-order valence-electron chi connectivity index (χ2n) is 7.95. The second-order valence-corrected chi connectivity index (χ2v) is 7.95. The maximum absolute atomic E-state index is 11.0. The average molecular weight is 394 g/mol. The van der Waals surface area contributed by atoms with Gasteiger partial charge in [0.25, 0.3) is 0 Å². The van der Waals surface area contributed by atoms with Crippen molar-refractivity contribution in [2.24, 2.45) is 5.92 Å². The number of hydrogen-bond donors (Lipinski definition) is 0. The fourth-order valence-electron chi connectivity index (χ4n) is 3.26. The molecule has 0 spiro atoms. The van der Waals surface area contributed by atoms with Crippen molar-refractivity contribution < 1.29 is 44.2 Å². The molecule has 27 heavy (non-hydrogen) atoms. The minimum atomic E-state index is -1.01. The zero-order valence-electron chi connectivity index (χ0n) is 18.8. The SMILES string of the molecule is CCCCCCCCCCCCCCCCOCC(CN(C)C)C(=O)[O-].[Na+]. The van der Waals surface area contributed by atoms with Crippen molar-refractivity contribution in [3.05, 3.63) is 0 Å². The van der Waals surface area contributed by atoms with Gasteiger partial charge in [0.05, 0.1) is 6.61 Å². The number of carboxylic acids is 1. The molecular weight excluding hydrogens is 349 g/mol. The van der Waals surface area contributed by atoms with Crippen LogP contribution in [-0.4, -0.2) is 44.7 Å². The van der Waals surface area contributed by atoms with Crippen LogP contribution < -0.4 is 34.7 Å². The van der Waals surface area contributed by atoms with E-state index in [1.165, 1.54) is 83.5 Å². The Morgan fingerprint density at radius 3 is 1.59 bits per heavy atom. The summed E-state index contributed by atoms with van der Waals surface area (Å²) >= 11 is 0. The van der Waals surface area contributed by atoms with E-state index in [9.17, 15) is 9.90 Å². The summed E-state index contributed by atoms with van der Waals surface area (Å²) in [5.41, 5.74) is 0. The monoisotopic (exact) mass is 393 g/mol. The second kappa shape index (κ2) is 22.7. The summed E-state index contributed by atoms with van der Waals surface area (Å²) in [5, 5.41) is 11.0. The summed E-state index contributed by atoms with van der Waals surface area (Å²) in [5.74, 6) is -1.55. The third-order valence-electron chi connectivity index (χ3n) is 4.88. The molecule has 1 atom stereocenters. The Morgan fingerprint density at radius 1 is 0.815 bits per heavy atom. The molecule has 0 aromatic heterocycles. The van der Waals surface area contributed by atoms with Crippen molar-refractivity contribution in [3.63, 3.8) is 0 Å². The van der Waals surface area contributed by atoms with Crippen molar-refractivity contribution in [1.82, 2.24) is 4.90 Å². The van der Waals surface area contributed by atoms with Crippen LogP contribution in [0.15, 0.2) is 0 Å². The number of ether oxygens (including phenoxy) is 1. The van der Waals surface area contributed by atoms with Gasteiger partial charge in [-0.25, -0.2) is 0 Å². The van der Waals surface area contributed by atoms with Gasteiger partial charge in [-0.1, -0.05) is 90.4 Å². The van der Waals surface area contributed by atoms with Crippen molar-refractivity contribution in [2.75, 3.05) is 33.9 Å². The largest absolute Gasteiger partial charge is 1.00 e. The maximum atomic E-state index is 11.0. The fourth-order valence-corrected chi connectivity index (χ4v) is 3.26. The Hall–Kier alpha value is 0.390. The van der Waals surface area contributed by atoms with Crippen LogP contribution in [0.4, 0.5) is 0 Å². The van der Waals surface area contributed by atoms with Crippen molar-refractivity contribution in [2.45, 2.75) is 96.8 Å². The van der Waals surface area contributed by atoms with E-state index in [0.717, 1.165) is 6.42 Å². The van der Waals surface area contributed by atoms with E-state index in [1.807, 2.05) is 19.0 Å². The quantitative estimate of drug-likeness (QED) is 0.232. The molecule has 0 aliphatic heterocycles. The number of nitrogens with zero attached hydrogens (tertiary/aromatic N) is 1. The van der Waals surface area contributed by atoms with Crippen LogP contribution >= 0.6 is 0 Å². The predicted molar refractivity (Wildman–Crippen MR) is 108 cm³/mol. The first kappa shape index (κ1) is 29.6. The van der Waals surface area contributed by atoms with Crippen molar-refractivity contribution >= 4 is 5.97 Å². The summed E-state index contributed by atoms with van der Waals surface area (Å²) in [6.45, 7) is 3.67. The minimum absolute atomic E-state index is 0. The molecule has 0 N–H and O–H groups in total. The predicted octanol–water partition coefficient (Wildman–Crippen LogP) is 1.42. The number of carboxylic acid groups (broad SMARTS) is 1. The summed E-state index contributed by atoms with van der Waals surface area (Å²) in [7, 11) is 3.73. The van der Waals surface area contributed by atoms with E-state index < -0.39 is 11.9 Å². The summed E-state index contributed by atoms with van der Waals surface area (Å²) in [6, 6.07) is 0. The van der Waals surface area contributed by atoms with Gasteiger partial charge in [0.1, 0.15) is 0 Å². The first-order valence-electron chi connectivity index (χ1n) is 11.0. The third kappa shape index (κ3) is 22.5. The van der Waals surface area contributed by atoms with Gasteiger partial charge >= 0.3 is 29.6 Å². The van der Waals surface area contributed by atoms with Gasteiger partial charge in [0.15, 0.2) is 0 Å². The normalized spacial score (nSPS) is 12.1. The number of carbonyl (C=O) groups is 1. The molecule has 0 bridgehead atoms. The van der Waals surface area contributed by atoms with E-state index in [4.69, 9.17) is 4.74 Å². The molecule has 0 rings (SSSR count). The van der Waals surface area contributed by atoms with Crippen LogP contribution in [0.1, 0.15) is 96.8 Å². The zero-order valence-corrected chi connectivity index (χ0v) is 20.8. The number of hydrogen-bond acceptors (Lipinski definition) is 4. The van der Waals surface area contributed by atoms with E-state index in [-0.39, 0.29) is 36.2 Å². The molecule has 0 aromatic carbocycles. The zero-order chi connectivity index (χ0) is 19.5. The van der Waals surface area contributed by atoms with Gasteiger partial charge in [-0.2, -0.15) is 0 Å². The molecular formula is C22H44NNaO3. The molecule has 1 unspecified atom stereocenters. The van der Waals surface area contributed by atoms with Crippen LogP contribution in [-0.2, 0) is 9.53 Å². The van der Waals surface area contributed by atoms with Crippen molar-refractivity contribution in [3.8, 4) is 0 Å². The molecule has 5 heteroatoms. The molecule has 0 aromatic rings. The number of aliphatic carboxylic acids is 1. The number of unbranched alkanes of at least 4 members (excludes halogenated alkanes) is 13. The Morgan fingerprint density at radius 2 is 1.22 bits per heavy atom. The molecule has 0 amide bonds. The van der Waals surface area contributed by atoms with Gasteiger partial charge in [0.2, 0.25) is 0 Å². The van der Waals surface area contributed by atoms with E-state index in [0.29, 0.717) is 13.2 Å². The Labute approximate surface area is 191 Å². The topological polar surface area (TPSA) is 52.6 Å². The van der Waals surface area contributed by atoms with Gasteiger partial charge in [-0.15, -0.1) is 0 Å². The molecule has 0 radical (unpaired) electrons. The molecule has 0 saturated carbocycles. The Bertz CT molecular complexity index is 314. The van der Waals surface area contributed by atoms with Gasteiger partial charge in [0, 0.05) is 25.0 Å². The van der Waals surface area contributed by atoms with Gasteiger partial charge in [-0.05, 0) is 20.5 Å². The summed E-state index contributed by atoms with van der Waals surface area (Å²) < 4.78 is 5.52. The first-order chi connectivity index (χ1) is 12.6. The molecule has 156 valence electrons. The Kier molecular flexibility index (Phi) is 24.9. The van der Waals surface area contributed by atoms with Crippen LogP contribution in [0.25, 0.3) is 0 Å². The fraction of sp³-hybridized carbons (Fsp3) is 0.955. The van der Waals surface area contributed by atoms with Crippen LogP contribution in [0.5, 0.6) is 0 Å². The smallest absolute Gasteiger partial charge is 0.550 e. The third-order valence-corrected chi connectivity index (χ3v) is 4.88. The van der Waals surface area contributed by atoms with Crippen LogP contribution in [0.3, 0.4) is 0 Å². The molecule has 0 fully saturated rings. The molecule has 0 saturated heterocycles. The molecule has 0 aliphatic rings. The number of rotatable bonds is 20. The van der Waals surface area contributed by atoms with E-state index in [2.05, 4.69) is 6.92 Å². The van der Waals surface area contributed by atoms with Gasteiger partial charge < -0.3 is 19.5 Å². The average Bonchev–Trinajstić information content (AvgIpc) is 2.59. The van der Waals surface area contributed by atoms with Crippen LogP contribution in [0, 0.1) is 5.92 Å². The first-order valence-corrected chi connectivity index (χ1v) is 11.0. The Balaban J connectivity index is 0. The van der Waals surface area contributed by atoms with Crippen molar-refractivity contribution in [1.29, 1.82) is 0 Å². The summed E-state index contributed by atoms with van der Waals surface area (Å²) in [4.78, 5) is 12.9. The molecule has 0 heterocycles. The number of carbonyl (C=O) groups excluding carboxylic acids is 1. The molecule has 4 nitrogen and oxygen atoms in total.